The van der Waals surface area contributed by atoms with Crippen molar-refractivity contribution in [1.82, 2.24) is 19.9 Å². The lowest BCUT2D eigenvalue weighted by Gasteiger charge is -2.22. The first kappa shape index (κ1) is 17.8. The maximum absolute atomic E-state index is 13.8. The molecule has 0 radical (unpaired) electrons. The Balaban J connectivity index is 2.04. The number of carbonyl (C=O) groups excluding carboxylic acids is 1. The fourth-order valence-electron chi connectivity index (χ4n) is 2.66. The molecule has 1 aromatic carbocycles. The Hall–Kier alpha value is -2.96. The summed E-state index contributed by atoms with van der Waals surface area (Å²) in [6.45, 7) is 7.19. The number of rotatable bonds is 3. The normalized spacial score (nSPS) is 12.8. The SMILES string of the molecule is CC(NC(=O)OC(C)(C)C)c1nc2ccc(F)cc2n1-c1cccnc1. The second-order valence-electron chi connectivity index (χ2n) is 7.02. The number of carbonyl (C=O) groups is 1. The van der Waals surface area contributed by atoms with E-state index in [0.717, 1.165) is 5.69 Å². The molecule has 6 nitrogen and oxygen atoms in total. The first-order valence-electron chi connectivity index (χ1n) is 8.32. The zero-order valence-electron chi connectivity index (χ0n) is 15.2. The van der Waals surface area contributed by atoms with Gasteiger partial charge in [0.25, 0.3) is 0 Å². The minimum atomic E-state index is -0.601. The van der Waals surface area contributed by atoms with Crippen LogP contribution in [0.25, 0.3) is 16.7 Å². The van der Waals surface area contributed by atoms with E-state index in [1.54, 1.807) is 56.8 Å². The van der Waals surface area contributed by atoms with Crippen LogP contribution >= 0.6 is 0 Å². The largest absolute Gasteiger partial charge is 0.444 e. The van der Waals surface area contributed by atoms with Crippen LogP contribution < -0.4 is 5.32 Å². The van der Waals surface area contributed by atoms with Crippen molar-refractivity contribution in [3.63, 3.8) is 0 Å². The third-order valence-electron chi connectivity index (χ3n) is 3.67. The molecule has 2 heterocycles. The highest BCUT2D eigenvalue weighted by Crippen LogP contribution is 2.26. The average molecular weight is 356 g/mol. The summed E-state index contributed by atoms with van der Waals surface area (Å²) >= 11 is 0. The molecule has 3 rings (SSSR count). The molecule has 0 saturated carbocycles. The number of alkyl carbamates (subject to hydrolysis) is 1. The van der Waals surface area contributed by atoms with Gasteiger partial charge in [0.05, 0.1) is 29.0 Å². The van der Waals surface area contributed by atoms with Crippen LogP contribution in [-0.4, -0.2) is 26.2 Å². The Morgan fingerprint density at radius 2 is 2.08 bits per heavy atom. The molecule has 0 aliphatic rings. The van der Waals surface area contributed by atoms with Crippen molar-refractivity contribution < 1.29 is 13.9 Å². The van der Waals surface area contributed by atoms with E-state index in [-0.39, 0.29) is 5.82 Å². The molecule has 3 aromatic rings. The summed E-state index contributed by atoms with van der Waals surface area (Å²) in [5.41, 5.74) is 1.36. The van der Waals surface area contributed by atoms with Crippen LogP contribution in [0.2, 0.25) is 0 Å². The Bertz CT molecular complexity index is 932. The van der Waals surface area contributed by atoms with E-state index in [2.05, 4.69) is 15.3 Å². The molecule has 1 N–H and O–H groups in total. The number of pyridine rings is 1. The zero-order chi connectivity index (χ0) is 18.9. The summed E-state index contributed by atoms with van der Waals surface area (Å²) in [4.78, 5) is 20.8. The molecule has 1 unspecified atom stereocenters. The van der Waals surface area contributed by atoms with Crippen molar-refractivity contribution in [2.45, 2.75) is 39.3 Å². The highest BCUT2D eigenvalue weighted by atomic mass is 19.1. The predicted octanol–water partition coefficient (Wildman–Crippen LogP) is 4.15. The molecule has 0 bridgehead atoms. The van der Waals surface area contributed by atoms with Crippen molar-refractivity contribution in [2.75, 3.05) is 0 Å². The first-order valence-corrected chi connectivity index (χ1v) is 8.32. The van der Waals surface area contributed by atoms with Crippen LogP contribution in [0.4, 0.5) is 9.18 Å². The number of benzene rings is 1. The molecule has 26 heavy (non-hydrogen) atoms. The summed E-state index contributed by atoms with van der Waals surface area (Å²) < 4.78 is 20.9. The standard InChI is InChI=1S/C19H21FN4O2/c1-12(22-18(25)26-19(2,3)4)17-23-15-8-7-13(20)10-16(15)24(17)14-6-5-9-21-11-14/h5-12H,1-4H3,(H,22,25). The molecule has 0 fully saturated rings. The van der Waals surface area contributed by atoms with Gasteiger partial charge in [0, 0.05) is 12.3 Å². The van der Waals surface area contributed by atoms with Crippen molar-refractivity contribution >= 4 is 17.1 Å². The smallest absolute Gasteiger partial charge is 0.408 e. The molecule has 1 atom stereocenters. The minimum Gasteiger partial charge on any atom is -0.444 e. The highest BCUT2D eigenvalue weighted by Gasteiger charge is 2.23. The number of nitrogens with zero attached hydrogens (tertiary/aromatic N) is 3. The van der Waals surface area contributed by atoms with Gasteiger partial charge in [-0.05, 0) is 52.0 Å². The molecule has 0 saturated heterocycles. The maximum atomic E-state index is 13.8. The fraction of sp³-hybridized carbons (Fsp3) is 0.316. The van der Waals surface area contributed by atoms with Gasteiger partial charge in [-0.15, -0.1) is 0 Å². The third kappa shape index (κ3) is 3.82. The minimum absolute atomic E-state index is 0.359. The molecule has 2 aromatic heterocycles. The van der Waals surface area contributed by atoms with Crippen molar-refractivity contribution in [2.24, 2.45) is 0 Å². The second-order valence-corrected chi connectivity index (χ2v) is 7.02. The van der Waals surface area contributed by atoms with E-state index in [1.165, 1.54) is 12.1 Å². The number of hydrogen-bond donors (Lipinski definition) is 1. The van der Waals surface area contributed by atoms with Gasteiger partial charge in [-0.25, -0.2) is 14.2 Å². The zero-order valence-corrected chi connectivity index (χ0v) is 15.2. The van der Waals surface area contributed by atoms with Crippen LogP contribution in [0.3, 0.4) is 0 Å². The summed E-state index contributed by atoms with van der Waals surface area (Å²) in [5.74, 6) is 0.200. The number of ether oxygens (including phenoxy) is 1. The first-order chi connectivity index (χ1) is 12.2. The number of hydrogen-bond acceptors (Lipinski definition) is 4. The van der Waals surface area contributed by atoms with E-state index in [1.807, 2.05) is 6.07 Å². The van der Waals surface area contributed by atoms with Crippen LogP contribution in [0.5, 0.6) is 0 Å². The van der Waals surface area contributed by atoms with Gasteiger partial charge in [-0.1, -0.05) is 0 Å². The quantitative estimate of drug-likeness (QED) is 0.765. The van der Waals surface area contributed by atoms with Crippen LogP contribution in [0.15, 0.2) is 42.7 Å². The van der Waals surface area contributed by atoms with E-state index in [0.29, 0.717) is 16.9 Å². The van der Waals surface area contributed by atoms with Gasteiger partial charge in [0.15, 0.2) is 0 Å². The van der Waals surface area contributed by atoms with E-state index >= 15 is 0 Å². The molecule has 0 aliphatic carbocycles. The van der Waals surface area contributed by atoms with Gasteiger partial charge in [0.2, 0.25) is 0 Å². The van der Waals surface area contributed by atoms with Gasteiger partial charge >= 0.3 is 6.09 Å². The molecule has 0 spiro atoms. The van der Waals surface area contributed by atoms with Crippen LogP contribution in [0.1, 0.15) is 39.6 Å². The maximum Gasteiger partial charge on any atom is 0.408 e. The Morgan fingerprint density at radius 3 is 2.73 bits per heavy atom. The molecular formula is C19H21FN4O2. The predicted molar refractivity (Wildman–Crippen MR) is 96.6 cm³/mol. The molecule has 136 valence electrons. The van der Waals surface area contributed by atoms with Gasteiger partial charge in [-0.3, -0.25) is 9.55 Å². The fourth-order valence-corrected chi connectivity index (χ4v) is 2.66. The second kappa shape index (κ2) is 6.74. The van der Waals surface area contributed by atoms with E-state index in [4.69, 9.17) is 4.74 Å². The summed E-state index contributed by atoms with van der Waals surface area (Å²) in [6.07, 6.45) is 2.78. The number of nitrogens with one attached hydrogen (secondary N) is 1. The van der Waals surface area contributed by atoms with Gasteiger partial charge < -0.3 is 10.1 Å². The van der Waals surface area contributed by atoms with Crippen molar-refractivity contribution in [1.29, 1.82) is 0 Å². The number of imidazole rings is 1. The lowest BCUT2D eigenvalue weighted by atomic mass is 10.2. The number of fused-ring (bicyclic) bond motifs is 1. The van der Waals surface area contributed by atoms with Gasteiger partial charge in [0.1, 0.15) is 17.2 Å². The topological polar surface area (TPSA) is 69.0 Å². The summed E-state index contributed by atoms with van der Waals surface area (Å²) in [5, 5.41) is 2.78. The Labute approximate surface area is 151 Å². The monoisotopic (exact) mass is 356 g/mol. The van der Waals surface area contributed by atoms with Crippen LogP contribution in [-0.2, 0) is 4.74 Å². The Morgan fingerprint density at radius 1 is 1.31 bits per heavy atom. The van der Waals surface area contributed by atoms with Crippen molar-refractivity contribution in [3.8, 4) is 5.69 Å². The molecule has 0 aliphatic heterocycles. The van der Waals surface area contributed by atoms with Crippen molar-refractivity contribution in [3.05, 3.63) is 54.4 Å². The molecular weight excluding hydrogens is 335 g/mol. The number of halogens is 1. The van der Waals surface area contributed by atoms with E-state index in [9.17, 15) is 9.18 Å². The van der Waals surface area contributed by atoms with E-state index < -0.39 is 17.7 Å². The average Bonchev–Trinajstić information content (AvgIpc) is 2.92. The lowest BCUT2D eigenvalue weighted by Crippen LogP contribution is -2.34. The lowest BCUT2D eigenvalue weighted by molar-refractivity contribution is 0.0505. The summed E-state index contributed by atoms with van der Waals surface area (Å²) in [6, 6.07) is 7.57. The Kier molecular flexibility index (Phi) is 4.63. The number of aromatic nitrogens is 3. The third-order valence-corrected chi connectivity index (χ3v) is 3.67. The highest BCUT2D eigenvalue weighted by molar-refractivity contribution is 5.78. The molecule has 1 amide bonds. The van der Waals surface area contributed by atoms with Crippen LogP contribution in [0, 0.1) is 5.82 Å². The molecule has 7 heteroatoms. The van der Waals surface area contributed by atoms with Gasteiger partial charge in [-0.2, -0.15) is 0 Å². The number of amides is 1. The summed E-state index contributed by atoms with van der Waals surface area (Å²) in [7, 11) is 0.